The topological polar surface area (TPSA) is 64.0 Å². The number of nitrogens with one attached hydrogen (secondary N) is 1. The first-order valence-corrected chi connectivity index (χ1v) is 9.63. The Kier molecular flexibility index (Phi) is 6.45. The Labute approximate surface area is 158 Å². The average Bonchev–Trinajstić information content (AvgIpc) is 2.65. The highest BCUT2D eigenvalue weighted by Gasteiger charge is 2.15. The Morgan fingerprint density at radius 2 is 1.85 bits per heavy atom. The van der Waals surface area contributed by atoms with E-state index in [9.17, 15) is 9.59 Å². The molecule has 26 heavy (non-hydrogen) atoms. The van der Waals surface area contributed by atoms with Crippen molar-refractivity contribution in [3.8, 4) is 11.3 Å². The van der Waals surface area contributed by atoms with Crippen LogP contribution < -0.4 is 10.9 Å². The first-order valence-electron chi connectivity index (χ1n) is 9.25. The van der Waals surface area contributed by atoms with Crippen LogP contribution in [-0.2, 0) is 11.3 Å². The lowest BCUT2D eigenvalue weighted by Crippen LogP contribution is -2.36. The van der Waals surface area contributed by atoms with Crippen molar-refractivity contribution in [2.75, 3.05) is 0 Å². The molecule has 1 saturated carbocycles. The van der Waals surface area contributed by atoms with Crippen molar-refractivity contribution in [2.45, 2.75) is 57.5 Å². The summed E-state index contributed by atoms with van der Waals surface area (Å²) in [6.07, 6.45) is 6.82. The molecular weight excluding hydrogens is 350 g/mol. The number of hydrogen-bond acceptors (Lipinski definition) is 3. The fourth-order valence-corrected chi connectivity index (χ4v) is 3.45. The third kappa shape index (κ3) is 5.18. The second kappa shape index (κ2) is 8.99. The van der Waals surface area contributed by atoms with Gasteiger partial charge in [-0.25, -0.2) is 4.68 Å². The molecular formula is C20H24ClN3O2. The second-order valence-corrected chi connectivity index (χ2v) is 7.23. The van der Waals surface area contributed by atoms with Crippen molar-refractivity contribution in [1.82, 2.24) is 15.1 Å². The van der Waals surface area contributed by atoms with Gasteiger partial charge in [0.1, 0.15) is 0 Å². The van der Waals surface area contributed by atoms with Gasteiger partial charge in [0.05, 0.1) is 5.69 Å². The van der Waals surface area contributed by atoms with Crippen LogP contribution in [-0.4, -0.2) is 21.7 Å². The highest BCUT2D eigenvalue weighted by Crippen LogP contribution is 2.19. The fourth-order valence-electron chi connectivity index (χ4n) is 3.32. The van der Waals surface area contributed by atoms with Gasteiger partial charge in [-0.05, 0) is 37.5 Å². The van der Waals surface area contributed by atoms with Gasteiger partial charge in [0.25, 0.3) is 5.56 Å². The zero-order valence-corrected chi connectivity index (χ0v) is 15.5. The number of halogens is 1. The molecule has 0 saturated heterocycles. The predicted octanol–water partition coefficient (Wildman–Crippen LogP) is 3.79. The zero-order chi connectivity index (χ0) is 18.4. The summed E-state index contributed by atoms with van der Waals surface area (Å²) in [5.41, 5.74) is 1.46. The van der Waals surface area contributed by atoms with Gasteiger partial charge >= 0.3 is 0 Å². The quantitative estimate of drug-likeness (QED) is 0.837. The number of rotatable bonds is 6. The molecule has 1 aromatic carbocycles. The van der Waals surface area contributed by atoms with E-state index in [-0.39, 0.29) is 11.5 Å². The average molecular weight is 374 g/mol. The Morgan fingerprint density at radius 3 is 2.58 bits per heavy atom. The maximum Gasteiger partial charge on any atom is 0.266 e. The van der Waals surface area contributed by atoms with E-state index in [1.165, 1.54) is 30.0 Å². The van der Waals surface area contributed by atoms with Crippen molar-refractivity contribution >= 4 is 17.5 Å². The molecule has 1 heterocycles. The van der Waals surface area contributed by atoms with Gasteiger partial charge in [-0.3, -0.25) is 9.59 Å². The summed E-state index contributed by atoms with van der Waals surface area (Å²) in [5, 5.41) is 8.18. The van der Waals surface area contributed by atoms with E-state index in [2.05, 4.69) is 10.4 Å². The predicted molar refractivity (Wildman–Crippen MR) is 103 cm³/mol. The van der Waals surface area contributed by atoms with E-state index >= 15 is 0 Å². The summed E-state index contributed by atoms with van der Waals surface area (Å²) in [6, 6.07) is 10.9. The number of carbonyl (C=O) groups excluding carboxylic acids is 1. The summed E-state index contributed by atoms with van der Waals surface area (Å²) in [5.74, 6) is 0.0683. The lowest BCUT2D eigenvalue weighted by molar-refractivity contribution is -0.122. The molecule has 0 radical (unpaired) electrons. The smallest absolute Gasteiger partial charge is 0.266 e. The van der Waals surface area contributed by atoms with Crippen LogP contribution in [0.5, 0.6) is 0 Å². The maximum absolute atomic E-state index is 12.1. The van der Waals surface area contributed by atoms with Crippen molar-refractivity contribution in [3.05, 3.63) is 51.8 Å². The van der Waals surface area contributed by atoms with Gasteiger partial charge in [0.15, 0.2) is 0 Å². The third-order valence-corrected chi connectivity index (χ3v) is 5.00. The van der Waals surface area contributed by atoms with Crippen LogP contribution in [0.1, 0.15) is 44.9 Å². The lowest BCUT2D eigenvalue weighted by Gasteiger charge is -2.22. The number of hydrogen-bond donors (Lipinski definition) is 1. The molecule has 0 unspecified atom stereocenters. The molecule has 1 aromatic heterocycles. The highest BCUT2D eigenvalue weighted by molar-refractivity contribution is 6.30. The molecule has 2 aromatic rings. The van der Waals surface area contributed by atoms with Crippen LogP contribution in [0.2, 0.25) is 5.02 Å². The van der Waals surface area contributed by atoms with Crippen LogP contribution in [0.3, 0.4) is 0 Å². The molecule has 1 fully saturated rings. The zero-order valence-electron chi connectivity index (χ0n) is 14.8. The minimum absolute atomic E-state index is 0.0683. The van der Waals surface area contributed by atoms with Crippen LogP contribution in [0, 0.1) is 0 Å². The summed E-state index contributed by atoms with van der Waals surface area (Å²) in [7, 11) is 0. The fraction of sp³-hybridized carbons (Fsp3) is 0.450. The third-order valence-electron chi connectivity index (χ3n) is 4.75. The monoisotopic (exact) mass is 373 g/mol. The highest BCUT2D eigenvalue weighted by atomic mass is 35.5. The maximum atomic E-state index is 12.1. The number of nitrogens with zero attached hydrogens (tertiary/aromatic N) is 2. The number of amides is 1. The summed E-state index contributed by atoms with van der Waals surface area (Å²) in [4.78, 5) is 24.1. The first-order chi connectivity index (χ1) is 12.6. The Hall–Kier alpha value is -2.14. The minimum Gasteiger partial charge on any atom is -0.353 e. The van der Waals surface area contributed by atoms with Crippen LogP contribution in [0.15, 0.2) is 41.2 Å². The largest absolute Gasteiger partial charge is 0.353 e. The van der Waals surface area contributed by atoms with Crippen molar-refractivity contribution in [2.24, 2.45) is 0 Å². The molecule has 3 rings (SSSR count). The molecule has 0 aliphatic heterocycles. The molecule has 6 heteroatoms. The summed E-state index contributed by atoms with van der Waals surface area (Å²) < 4.78 is 1.43. The number of carbonyl (C=O) groups is 1. The molecule has 138 valence electrons. The SMILES string of the molecule is O=C(CCCn1nc(-c2ccc(Cl)cc2)ccc1=O)NC1CCCCC1. The molecule has 0 spiro atoms. The van der Waals surface area contributed by atoms with Gasteiger partial charge in [0.2, 0.25) is 5.91 Å². The van der Waals surface area contributed by atoms with Crippen LogP contribution >= 0.6 is 11.6 Å². The van der Waals surface area contributed by atoms with Crippen molar-refractivity contribution in [3.63, 3.8) is 0 Å². The van der Waals surface area contributed by atoms with Gasteiger partial charge in [-0.15, -0.1) is 0 Å². The van der Waals surface area contributed by atoms with Gasteiger partial charge in [-0.1, -0.05) is 43.0 Å². The van der Waals surface area contributed by atoms with Crippen LogP contribution in [0.4, 0.5) is 0 Å². The lowest BCUT2D eigenvalue weighted by atomic mass is 9.95. The van der Waals surface area contributed by atoms with E-state index in [0.717, 1.165) is 18.4 Å². The Morgan fingerprint density at radius 1 is 1.12 bits per heavy atom. The molecule has 1 aliphatic carbocycles. The minimum atomic E-state index is -0.157. The molecule has 5 nitrogen and oxygen atoms in total. The van der Waals surface area contributed by atoms with Gasteiger partial charge in [-0.2, -0.15) is 5.10 Å². The van der Waals surface area contributed by atoms with E-state index in [1.807, 2.05) is 12.1 Å². The Bertz CT molecular complexity index is 795. The Balaban J connectivity index is 1.55. The number of benzene rings is 1. The van der Waals surface area contributed by atoms with Crippen LogP contribution in [0.25, 0.3) is 11.3 Å². The second-order valence-electron chi connectivity index (χ2n) is 6.79. The molecule has 1 aliphatic rings. The first kappa shape index (κ1) is 18.6. The van der Waals surface area contributed by atoms with E-state index in [1.54, 1.807) is 18.2 Å². The number of aromatic nitrogens is 2. The van der Waals surface area contributed by atoms with E-state index < -0.39 is 0 Å². The molecule has 1 amide bonds. The van der Waals surface area contributed by atoms with E-state index in [0.29, 0.717) is 36.1 Å². The normalized spacial score (nSPS) is 15.0. The van der Waals surface area contributed by atoms with Gasteiger partial charge in [0, 0.05) is 35.7 Å². The summed E-state index contributed by atoms with van der Waals surface area (Å²) >= 11 is 5.91. The number of aryl methyl sites for hydroxylation is 1. The molecule has 0 bridgehead atoms. The van der Waals surface area contributed by atoms with E-state index in [4.69, 9.17) is 11.6 Å². The van der Waals surface area contributed by atoms with Crippen molar-refractivity contribution in [1.29, 1.82) is 0 Å². The van der Waals surface area contributed by atoms with Crippen molar-refractivity contribution < 1.29 is 4.79 Å². The van der Waals surface area contributed by atoms with Gasteiger partial charge < -0.3 is 5.32 Å². The molecule has 0 atom stereocenters. The standard InChI is InChI=1S/C20H24ClN3O2/c21-16-10-8-15(9-11-16)18-12-13-20(26)24(23-18)14-4-7-19(25)22-17-5-2-1-3-6-17/h8-13,17H,1-7,14H2,(H,22,25). The molecule has 1 N–H and O–H groups in total. The summed E-state index contributed by atoms with van der Waals surface area (Å²) in [6.45, 7) is 0.429.